The van der Waals surface area contributed by atoms with Gasteiger partial charge in [0.2, 0.25) is 0 Å². The normalized spacial score (nSPS) is 64.9. The van der Waals surface area contributed by atoms with E-state index in [1.165, 1.54) is 12.3 Å². The van der Waals surface area contributed by atoms with Crippen LogP contribution in [-0.4, -0.2) is 0 Å². The highest BCUT2D eigenvalue weighted by atomic mass is 14.8. The van der Waals surface area contributed by atoms with Crippen LogP contribution in [0.25, 0.3) is 0 Å². The van der Waals surface area contributed by atoms with Crippen molar-refractivity contribution in [3.05, 3.63) is 0 Å². The molecule has 4 unspecified atom stereocenters. The van der Waals surface area contributed by atoms with Gasteiger partial charge in [0.15, 0.2) is 0 Å². The van der Waals surface area contributed by atoms with Crippen LogP contribution < -0.4 is 0 Å². The zero-order valence-corrected chi connectivity index (χ0v) is 7.69. The van der Waals surface area contributed by atoms with Gasteiger partial charge < -0.3 is 0 Å². The third-order valence-electron chi connectivity index (χ3n) is 5.31. The highest BCUT2D eigenvalue weighted by molar-refractivity contribution is 5.20. The predicted molar refractivity (Wildman–Crippen MR) is 46.3 cm³/mol. The zero-order valence-electron chi connectivity index (χ0n) is 7.69. The molecule has 0 amide bonds. The SMILES string of the molecule is CCC1(C)CC23CCC2C1C3. The Morgan fingerprint density at radius 3 is 2.45 bits per heavy atom. The monoisotopic (exact) mass is 150 g/mol. The fourth-order valence-electron chi connectivity index (χ4n) is 4.37. The van der Waals surface area contributed by atoms with Gasteiger partial charge in [-0.3, -0.25) is 0 Å². The molecule has 0 aromatic carbocycles. The highest BCUT2D eigenvalue weighted by Gasteiger charge is 2.71. The Labute approximate surface area is 69.4 Å². The van der Waals surface area contributed by atoms with Crippen LogP contribution >= 0.6 is 0 Å². The molecule has 4 aliphatic carbocycles. The Bertz CT molecular complexity index is 208. The molecule has 0 heterocycles. The summed E-state index contributed by atoms with van der Waals surface area (Å²) in [5.74, 6) is 2.33. The average Bonchev–Trinajstić information content (AvgIpc) is 2.36. The van der Waals surface area contributed by atoms with Gasteiger partial charge in [-0.2, -0.15) is 0 Å². The Morgan fingerprint density at radius 1 is 1.36 bits per heavy atom. The van der Waals surface area contributed by atoms with E-state index in [9.17, 15) is 0 Å². The van der Waals surface area contributed by atoms with Gasteiger partial charge in [0, 0.05) is 0 Å². The van der Waals surface area contributed by atoms with E-state index in [2.05, 4.69) is 13.8 Å². The molecule has 2 bridgehead atoms. The fourth-order valence-corrected chi connectivity index (χ4v) is 4.37. The number of hydrogen-bond acceptors (Lipinski definition) is 0. The lowest BCUT2D eigenvalue weighted by atomic mass is 9.47. The summed E-state index contributed by atoms with van der Waals surface area (Å²) in [6.45, 7) is 4.92. The van der Waals surface area contributed by atoms with Crippen molar-refractivity contribution in [3.8, 4) is 0 Å². The number of fused-ring (bicyclic) bond motifs is 1. The molecule has 0 aliphatic heterocycles. The Balaban J connectivity index is 1.94. The van der Waals surface area contributed by atoms with E-state index in [4.69, 9.17) is 0 Å². The molecular weight excluding hydrogens is 132 g/mol. The molecule has 62 valence electrons. The van der Waals surface area contributed by atoms with Crippen molar-refractivity contribution in [2.24, 2.45) is 22.7 Å². The largest absolute Gasteiger partial charge is 0.0649 e. The van der Waals surface area contributed by atoms with E-state index in [0.717, 1.165) is 16.7 Å². The van der Waals surface area contributed by atoms with Crippen molar-refractivity contribution >= 4 is 0 Å². The van der Waals surface area contributed by atoms with Gasteiger partial charge in [-0.25, -0.2) is 0 Å². The fraction of sp³-hybridized carbons (Fsp3) is 1.00. The standard InChI is InChI=1S/C11H18/c1-3-10(2)7-11-5-4-8(11)9(10)6-11/h8-9H,3-7H2,1-2H3. The lowest BCUT2D eigenvalue weighted by molar-refractivity contribution is -0.0805. The lowest BCUT2D eigenvalue weighted by Gasteiger charge is -2.57. The van der Waals surface area contributed by atoms with Crippen molar-refractivity contribution in [3.63, 3.8) is 0 Å². The van der Waals surface area contributed by atoms with Crippen molar-refractivity contribution in [1.29, 1.82) is 0 Å². The summed E-state index contributed by atoms with van der Waals surface area (Å²) >= 11 is 0. The first-order valence-corrected chi connectivity index (χ1v) is 5.20. The molecule has 4 atom stereocenters. The first-order chi connectivity index (χ1) is 5.20. The van der Waals surface area contributed by atoms with Crippen LogP contribution in [0.1, 0.15) is 46.0 Å². The molecule has 11 heavy (non-hydrogen) atoms. The highest BCUT2D eigenvalue weighted by Crippen LogP contribution is 2.79. The summed E-state index contributed by atoms with van der Waals surface area (Å²) in [5, 5.41) is 0. The van der Waals surface area contributed by atoms with Gasteiger partial charge in [-0.1, -0.05) is 20.3 Å². The molecule has 0 saturated heterocycles. The molecule has 0 nitrogen and oxygen atoms in total. The Morgan fingerprint density at radius 2 is 2.18 bits per heavy atom. The van der Waals surface area contributed by atoms with E-state index < -0.39 is 0 Å². The summed E-state index contributed by atoms with van der Waals surface area (Å²) in [6, 6.07) is 0. The molecule has 0 heteroatoms. The van der Waals surface area contributed by atoms with Gasteiger partial charge in [-0.05, 0) is 48.3 Å². The molecule has 0 aromatic heterocycles. The molecule has 0 radical (unpaired) electrons. The first kappa shape index (κ1) is 6.51. The van der Waals surface area contributed by atoms with E-state index >= 15 is 0 Å². The van der Waals surface area contributed by atoms with Crippen molar-refractivity contribution < 1.29 is 0 Å². The molecule has 4 aliphatic rings. The Hall–Kier alpha value is 0. The molecular formula is C11H18. The molecule has 1 spiro atoms. The minimum atomic E-state index is 0.765. The maximum Gasteiger partial charge on any atom is -0.0258 e. The summed E-state index contributed by atoms with van der Waals surface area (Å²) in [6.07, 6.45) is 7.74. The third-order valence-corrected chi connectivity index (χ3v) is 5.31. The van der Waals surface area contributed by atoms with Crippen LogP contribution in [0.2, 0.25) is 0 Å². The molecule has 0 N–H and O–H groups in total. The summed E-state index contributed by atoms with van der Waals surface area (Å²) in [5.41, 5.74) is 1.68. The molecule has 4 saturated carbocycles. The summed E-state index contributed by atoms with van der Waals surface area (Å²) in [7, 11) is 0. The van der Waals surface area contributed by atoms with E-state index in [0.29, 0.717) is 0 Å². The minimum Gasteiger partial charge on any atom is -0.0649 e. The van der Waals surface area contributed by atoms with E-state index in [1.54, 1.807) is 25.7 Å². The van der Waals surface area contributed by atoms with E-state index in [1.807, 2.05) is 0 Å². The average molecular weight is 150 g/mol. The maximum absolute atomic E-state index is 2.53. The van der Waals surface area contributed by atoms with Crippen molar-refractivity contribution in [2.45, 2.75) is 46.0 Å². The lowest BCUT2D eigenvalue weighted by Crippen LogP contribution is -2.49. The topological polar surface area (TPSA) is 0 Å². The molecule has 4 rings (SSSR count). The third kappa shape index (κ3) is 0.494. The molecule has 4 fully saturated rings. The van der Waals surface area contributed by atoms with Crippen LogP contribution in [-0.2, 0) is 0 Å². The maximum atomic E-state index is 2.53. The van der Waals surface area contributed by atoms with Crippen LogP contribution in [0.4, 0.5) is 0 Å². The van der Waals surface area contributed by atoms with Gasteiger partial charge in [0.05, 0.1) is 0 Å². The predicted octanol–water partition coefficient (Wildman–Crippen LogP) is 3.22. The second-order valence-corrected chi connectivity index (χ2v) is 5.50. The van der Waals surface area contributed by atoms with Crippen LogP contribution in [0, 0.1) is 22.7 Å². The molecule has 0 aromatic rings. The zero-order chi connectivity index (χ0) is 7.69. The van der Waals surface area contributed by atoms with Crippen LogP contribution in [0.3, 0.4) is 0 Å². The summed E-state index contributed by atoms with van der Waals surface area (Å²) in [4.78, 5) is 0. The van der Waals surface area contributed by atoms with Crippen LogP contribution in [0.15, 0.2) is 0 Å². The van der Waals surface area contributed by atoms with Gasteiger partial charge >= 0.3 is 0 Å². The van der Waals surface area contributed by atoms with Gasteiger partial charge in [0.25, 0.3) is 0 Å². The second kappa shape index (κ2) is 1.53. The summed E-state index contributed by atoms with van der Waals surface area (Å²) < 4.78 is 0. The second-order valence-electron chi connectivity index (χ2n) is 5.50. The smallest absolute Gasteiger partial charge is 0.0258 e. The van der Waals surface area contributed by atoms with Crippen molar-refractivity contribution in [1.82, 2.24) is 0 Å². The quantitative estimate of drug-likeness (QED) is 0.538. The Kier molecular flexibility index (Phi) is 0.906. The number of rotatable bonds is 1. The van der Waals surface area contributed by atoms with Gasteiger partial charge in [0.1, 0.15) is 0 Å². The number of hydrogen-bond donors (Lipinski definition) is 0. The minimum absolute atomic E-state index is 0.765. The van der Waals surface area contributed by atoms with Crippen LogP contribution in [0.5, 0.6) is 0 Å². The van der Waals surface area contributed by atoms with E-state index in [-0.39, 0.29) is 0 Å². The first-order valence-electron chi connectivity index (χ1n) is 5.20. The van der Waals surface area contributed by atoms with Crippen molar-refractivity contribution in [2.75, 3.05) is 0 Å². The van der Waals surface area contributed by atoms with Gasteiger partial charge in [-0.15, -0.1) is 0 Å².